The zero-order chi connectivity index (χ0) is 59.8. The summed E-state index contributed by atoms with van der Waals surface area (Å²) in [7, 11) is 8.10. The molecule has 0 unspecified atom stereocenters. The molecule has 12 rings (SSSR count). The van der Waals surface area contributed by atoms with E-state index >= 15 is 0 Å². The number of rotatable bonds is 14. The van der Waals surface area contributed by atoms with Crippen LogP contribution in [0.5, 0.6) is 23.0 Å². The maximum Gasteiger partial charge on any atom is 0.676 e. The van der Waals surface area contributed by atoms with E-state index in [0.29, 0.717) is 22.6 Å². The second-order valence-corrected chi connectivity index (χ2v) is 38.9. The summed E-state index contributed by atoms with van der Waals surface area (Å²) in [5.41, 5.74) is 4.94. The quantitative estimate of drug-likeness (QED) is 0.0803. The van der Waals surface area contributed by atoms with Crippen LogP contribution in [-0.4, -0.2) is 43.8 Å². The minimum atomic E-state index is -3.20. The molecule has 4 nitrogen and oxygen atoms in total. The van der Waals surface area contributed by atoms with E-state index < -0.39 is 43.8 Å². The maximum absolute atomic E-state index is 8.09. The van der Waals surface area contributed by atoms with E-state index in [1.807, 2.05) is 11.6 Å². The van der Waals surface area contributed by atoms with Gasteiger partial charge >= 0.3 is 43.8 Å². The van der Waals surface area contributed by atoms with Crippen LogP contribution in [0.25, 0.3) is 65.3 Å². The third-order valence-corrected chi connectivity index (χ3v) is 28.1. The van der Waals surface area contributed by atoms with E-state index in [1.54, 1.807) is 0 Å². The number of halogens is 2. The first-order valence-corrected chi connectivity index (χ1v) is 40.0. The van der Waals surface area contributed by atoms with Gasteiger partial charge < -0.3 is 16.4 Å². The Bertz CT molecular complexity index is 4150. The largest absolute Gasteiger partial charge is 0.676 e. The molecule has 12 aromatic rings. The van der Waals surface area contributed by atoms with Crippen LogP contribution in [0, 0.1) is 11.8 Å². The lowest BCUT2D eigenvalue weighted by Crippen LogP contribution is -2.68. The molecular weight excluding hydrogens is 1160 g/mol. The van der Waals surface area contributed by atoms with Gasteiger partial charge in [-0.2, -0.15) is 0 Å². The lowest BCUT2D eigenvalue weighted by molar-refractivity contribution is 0.509. The van der Waals surface area contributed by atoms with E-state index in [4.69, 9.17) is 36.5 Å². The fourth-order valence-corrected chi connectivity index (χ4v) is 23.4. The molecule has 0 heterocycles. The van der Waals surface area contributed by atoms with Crippen LogP contribution in [0.2, 0.25) is 21.6 Å². The molecule has 0 aromatic heterocycles. The van der Waals surface area contributed by atoms with Gasteiger partial charge in [0.25, 0.3) is 0 Å². The summed E-state index contributed by atoms with van der Waals surface area (Å²) in [6.07, 6.45) is 0. The second kappa shape index (κ2) is 24.4. The third-order valence-electron chi connectivity index (χ3n) is 16.5. The van der Waals surface area contributed by atoms with Crippen molar-refractivity contribution in [2.45, 2.75) is 63.2 Å². The first-order valence-electron chi connectivity index (χ1n) is 29.5. The van der Waals surface area contributed by atoms with Gasteiger partial charge in [-0.15, -0.1) is 0 Å². The van der Waals surface area contributed by atoms with Gasteiger partial charge in [-0.3, -0.25) is 0 Å². The molecule has 0 saturated carbocycles. The summed E-state index contributed by atoms with van der Waals surface area (Å²) in [4.78, 5) is 0. The minimum Gasteiger partial charge on any atom is -0.630 e. The summed E-state index contributed by atoms with van der Waals surface area (Å²) in [6, 6.07) is 90.3. The van der Waals surface area contributed by atoms with Crippen molar-refractivity contribution in [3.63, 3.8) is 0 Å². The van der Waals surface area contributed by atoms with Gasteiger partial charge in [0, 0.05) is 22.3 Å². The van der Waals surface area contributed by atoms with E-state index in [0.717, 1.165) is 76.8 Å². The van der Waals surface area contributed by atoms with Crippen LogP contribution in [-0.2, 0) is 0 Å². The zero-order valence-corrected chi connectivity index (χ0v) is 55.6. The summed E-state index contributed by atoms with van der Waals surface area (Å²) in [5, 5.41) is 12.2. The Kier molecular flexibility index (Phi) is 16.7. The molecule has 422 valence electrons. The van der Waals surface area contributed by atoms with Crippen molar-refractivity contribution in [1.29, 1.82) is 0 Å². The van der Waals surface area contributed by atoms with E-state index in [9.17, 15) is 0 Å². The highest BCUT2D eigenvalue weighted by Crippen LogP contribution is 2.52. The number of hydrogen-bond donors (Lipinski definition) is 0. The van der Waals surface area contributed by atoms with E-state index in [2.05, 4.69) is 308 Å². The van der Waals surface area contributed by atoms with Gasteiger partial charge in [-0.1, -0.05) is 295 Å². The van der Waals surface area contributed by atoms with Gasteiger partial charge in [0.15, 0.2) is 0 Å². The Labute approximate surface area is 526 Å². The molecular formula is C76H66Al2Cl2O4Si2. The van der Waals surface area contributed by atoms with Crippen LogP contribution in [0.3, 0.4) is 0 Å². The zero-order valence-electron chi connectivity index (χ0n) is 49.8. The molecule has 0 atom stereocenters. The van der Waals surface area contributed by atoms with Gasteiger partial charge in [-0.25, -0.2) is 20.1 Å². The van der Waals surface area contributed by atoms with Crippen molar-refractivity contribution < 1.29 is 16.4 Å². The number of hydrogen-bond acceptors (Lipinski definition) is 4. The minimum absolute atomic E-state index is 0.326. The van der Waals surface area contributed by atoms with Gasteiger partial charge in [0.1, 0.15) is 23.0 Å². The Morgan fingerprint density at radius 3 is 0.884 bits per heavy atom. The Morgan fingerprint density at radius 2 is 0.593 bits per heavy atom. The molecule has 0 spiro atoms. The molecule has 0 fully saturated rings. The molecule has 0 aliphatic rings. The Balaban J connectivity index is 1.14. The molecule has 0 aliphatic carbocycles. The fraction of sp³-hybridized carbons (Fsp3) is 0.132. The van der Waals surface area contributed by atoms with Crippen molar-refractivity contribution in [3.05, 3.63) is 266 Å². The molecule has 0 aliphatic heterocycles. The van der Waals surface area contributed by atoms with Crippen molar-refractivity contribution >= 4 is 128 Å². The topological polar surface area (TPSA) is 36.9 Å². The van der Waals surface area contributed by atoms with Gasteiger partial charge in [0.05, 0.1) is 11.1 Å². The van der Waals surface area contributed by atoms with Crippen molar-refractivity contribution in [1.82, 2.24) is 0 Å². The molecule has 0 bridgehead atoms. The SMILES string of the molecule is [CH3][Al]([Cl])[O]c1c(C#Cc2cc3ccccc3c(-c3c(O[Si](c4ccccc4)(c4ccccc4)C(C)(C)C)ccc4ccccc34)c2[O][Al]([CH3])[Cl])cc2ccccc2c1-c1c(O[Si](c2ccccc2)(c2ccccc2)C(C)(C)C)ccc2ccccc12. The normalized spacial score (nSPS) is 12.0. The van der Waals surface area contributed by atoms with Crippen LogP contribution >= 0.6 is 20.1 Å². The summed E-state index contributed by atoms with van der Waals surface area (Å²) in [6.45, 7) is 13.9. The highest BCUT2D eigenvalue weighted by atomic mass is 35.6. The number of benzene rings is 12. The van der Waals surface area contributed by atoms with Crippen LogP contribution < -0.4 is 37.2 Å². The average Bonchev–Trinajstić information content (AvgIpc) is 0.931. The third kappa shape index (κ3) is 11.0. The first kappa shape index (κ1) is 58.9. The molecule has 0 saturated heterocycles. The summed E-state index contributed by atoms with van der Waals surface area (Å²) >= 11 is -4.79. The Hall–Kier alpha value is -7.48. The molecule has 0 N–H and O–H groups in total. The predicted octanol–water partition coefficient (Wildman–Crippen LogP) is 18.4. The van der Waals surface area contributed by atoms with Gasteiger partial charge in [-0.05, 0) is 98.2 Å². The number of fused-ring (bicyclic) bond motifs is 4. The molecule has 0 radical (unpaired) electrons. The Morgan fingerprint density at radius 1 is 0.326 bits per heavy atom. The summed E-state index contributed by atoms with van der Waals surface area (Å²) < 4.78 is 30.5. The van der Waals surface area contributed by atoms with Gasteiger partial charge in [0.2, 0.25) is 0 Å². The highest BCUT2D eigenvalue weighted by Gasteiger charge is 2.54. The highest BCUT2D eigenvalue weighted by molar-refractivity contribution is 7.03. The van der Waals surface area contributed by atoms with Crippen LogP contribution in [0.15, 0.2) is 255 Å². The van der Waals surface area contributed by atoms with Crippen molar-refractivity contribution in [2.24, 2.45) is 0 Å². The van der Waals surface area contributed by atoms with Crippen molar-refractivity contribution in [2.75, 3.05) is 0 Å². The van der Waals surface area contributed by atoms with Crippen molar-refractivity contribution in [3.8, 4) is 57.1 Å². The predicted molar refractivity (Wildman–Crippen MR) is 372 cm³/mol. The molecule has 86 heavy (non-hydrogen) atoms. The molecule has 12 aromatic carbocycles. The van der Waals surface area contributed by atoms with E-state index in [-0.39, 0.29) is 10.1 Å². The average molecular weight is 1220 g/mol. The second-order valence-electron chi connectivity index (χ2n) is 24.1. The fourth-order valence-electron chi connectivity index (χ4n) is 12.9. The summed E-state index contributed by atoms with van der Waals surface area (Å²) in [5.74, 6) is 14.2. The lowest BCUT2D eigenvalue weighted by atomic mass is 9.89. The maximum atomic E-state index is 8.09. The smallest absolute Gasteiger partial charge is 0.630 e. The van der Waals surface area contributed by atoms with Crippen LogP contribution in [0.4, 0.5) is 0 Å². The first-order chi connectivity index (χ1) is 41.6. The van der Waals surface area contributed by atoms with Crippen LogP contribution in [0.1, 0.15) is 52.7 Å². The molecule has 0 amide bonds. The molecule has 10 heteroatoms. The monoisotopic (exact) mass is 1220 g/mol. The lowest BCUT2D eigenvalue weighted by Gasteiger charge is -2.43. The standard InChI is InChI=1S/C74H62O4Si2.2CH3.2Al.2ClH/c1-73(2,3)79(57-31-11-7-12-32-57,58-33-13-8-14-34-58)77-65-47-45-51-27-19-23-39-61(51)67(65)69-63-41-25-21-29-53(63)49-55(71(69)75)43-44-56-50-54-30-22-26-42-64(54)70(72(56)76)68-62-40-24-20-28-52(62)46-48-66(68)78-80(74(4,5)6,59-35-15-9-16-36-59)60-37-17-10-18-38-60;;;;;;/h7-42,45-50,75-76H,1-6H3;2*1H3;;;2*1H/q;;;2*+2;;/p-4. The van der Waals surface area contributed by atoms with E-state index in [1.165, 1.54) is 20.7 Å².